The largest absolute Gasteiger partial charge is 0.336 e. The van der Waals surface area contributed by atoms with Gasteiger partial charge in [0.05, 0.1) is 12.1 Å². The van der Waals surface area contributed by atoms with Crippen LogP contribution < -0.4 is 5.32 Å². The molecule has 7 nitrogen and oxygen atoms in total. The molecule has 2 aliphatic rings. The van der Waals surface area contributed by atoms with Crippen molar-refractivity contribution < 1.29 is 13.2 Å². The molecule has 2 heterocycles. The number of amides is 2. The summed E-state index contributed by atoms with van der Waals surface area (Å²) >= 11 is 0. The third-order valence-corrected chi connectivity index (χ3v) is 5.23. The van der Waals surface area contributed by atoms with Crippen molar-refractivity contribution in [2.75, 3.05) is 26.2 Å². The number of fused-ring (bicyclic) bond motifs is 1. The molecule has 8 heteroatoms. The van der Waals surface area contributed by atoms with Crippen LogP contribution in [0, 0.1) is 11.3 Å². The molecule has 2 saturated heterocycles. The molecule has 0 radical (unpaired) electrons. The molecule has 94 valence electrons. The third kappa shape index (κ3) is 1.96. The van der Waals surface area contributed by atoms with Gasteiger partial charge in [0.25, 0.3) is 0 Å². The molecular weight excluding hydrogens is 244 g/mol. The molecule has 0 aromatic heterocycles. The molecule has 2 rings (SSSR count). The highest BCUT2D eigenvalue weighted by Crippen LogP contribution is 2.18. The van der Waals surface area contributed by atoms with Crippen molar-refractivity contribution in [1.82, 2.24) is 14.5 Å². The van der Waals surface area contributed by atoms with Gasteiger partial charge in [-0.1, -0.05) is 0 Å². The first-order valence-electron chi connectivity index (χ1n) is 5.40. The Bertz CT molecular complexity index is 469. The molecule has 0 saturated carbocycles. The maximum Gasteiger partial charge on any atom is 0.317 e. The number of urea groups is 1. The van der Waals surface area contributed by atoms with Gasteiger partial charge in [-0.25, -0.2) is 13.2 Å². The van der Waals surface area contributed by atoms with E-state index in [9.17, 15) is 13.2 Å². The lowest BCUT2D eigenvalue weighted by atomic mass is 10.2. The first-order valence-corrected chi connectivity index (χ1v) is 6.90. The normalized spacial score (nSPS) is 27.2. The van der Waals surface area contributed by atoms with E-state index in [-0.39, 0.29) is 25.2 Å². The number of piperazine rings is 1. The van der Waals surface area contributed by atoms with Crippen LogP contribution in [-0.2, 0) is 10.0 Å². The van der Waals surface area contributed by atoms with Gasteiger partial charge in [0.2, 0.25) is 10.0 Å². The summed E-state index contributed by atoms with van der Waals surface area (Å²) < 4.78 is 25.2. The molecular formula is C9H14N4O3S. The van der Waals surface area contributed by atoms with E-state index >= 15 is 0 Å². The van der Waals surface area contributed by atoms with Gasteiger partial charge in [-0.3, -0.25) is 0 Å². The maximum absolute atomic E-state index is 12.0. The lowest BCUT2D eigenvalue weighted by Crippen LogP contribution is -2.55. The van der Waals surface area contributed by atoms with E-state index in [0.29, 0.717) is 13.1 Å². The summed E-state index contributed by atoms with van der Waals surface area (Å²) in [5.41, 5.74) is 0. The van der Waals surface area contributed by atoms with Crippen LogP contribution in [0.25, 0.3) is 0 Å². The Morgan fingerprint density at radius 1 is 1.53 bits per heavy atom. The van der Waals surface area contributed by atoms with Gasteiger partial charge in [0.15, 0.2) is 5.25 Å². The average Bonchev–Trinajstić information content (AvgIpc) is 2.69. The van der Waals surface area contributed by atoms with Crippen molar-refractivity contribution in [2.45, 2.75) is 18.2 Å². The van der Waals surface area contributed by atoms with Crippen molar-refractivity contribution >= 4 is 16.1 Å². The summed E-state index contributed by atoms with van der Waals surface area (Å²) in [6.07, 6.45) is 0. The molecule has 0 aliphatic carbocycles. The van der Waals surface area contributed by atoms with E-state index in [4.69, 9.17) is 5.26 Å². The first kappa shape index (κ1) is 12.1. The second-order valence-corrected chi connectivity index (χ2v) is 6.46. The van der Waals surface area contributed by atoms with Crippen LogP contribution in [0.5, 0.6) is 0 Å². The van der Waals surface area contributed by atoms with Crippen molar-refractivity contribution in [3.05, 3.63) is 0 Å². The summed E-state index contributed by atoms with van der Waals surface area (Å²) in [5, 5.41) is 10.3. The number of hydrogen-bond donors (Lipinski definition) is 1. The van der Waals surface area contributed by atoms with Crippen LogP contribution >= 0.6 is 0 Å². The van der Waals surface area contributed by atoms with Gasteiger partial charge in [0, 0.05) is 26.2 Å². The van der Waals surface area contributed by atoms with Crippen molar-refractivity contribution in [1.29, 1.82) is 5.26 Å². The fraction of sp³-hybridized carbons (Fsp3) is 0.778. The Morgan fingerprint density at radius 2 is 2.24 bits per heavy atom. The molecule has 2 atom stereocenters. The topological polar surface area (TPSA) is 93.5 Å². The molecule has 2 unspecified atom stereocenters. The monoisotopic (exact) mass is 258 g/mol. The SMILES string of the molecule is CC(C#N)S(=O)(=O)N1CCN2C(=O)NCC2C1. The van der Waals surface area contributed by atoms with Gasteiger partial charge < -0.3 is 10.2 Å². The lowest BCUT2D eigenvalue weighted by molar-refractivity contribution is 0.164. The predicted molar refractivity (Wildman–Crippen MR) is 59.5 cm³/mol. The molecule has 2 amide bonds. The Labute approximate surface area is 100 Å². The van der Waals surface area contributed by atoms with E-state index in [1.54, 1.807) is 11.0 Å². The van der Waals surface area contributed by atoms with E-state index in [1.165, 1.54) is 11.2 Å². The van der Waals surface area contributed by atoms with Crippen LogP contribution in [0.3, 0.4) is 0 Å². The van der Waals surface area contributed by atoms with Gasteiger partial charge >= 0.3 is 6.03 Å². The minimum Gasteiger partial charge on any atom is -0.336 e. The van der Waals surface area contributed by atoms with E-state index in [0.717, 1.165) is 0 Å². The van der Waals surface area contributed by atoms with Crippen molar-refractivity contribution in [3.8, 4) is 6.07 Å². The smallest absolute Gasteiger partial charge is 0.317 e. The molecule has 0 spiro atoms. The van der Waals surface area contributed by atoms with E-state index in [2.05, 4.69) is 5.32 Å². The number of nitrogens with zero attached hydrogens (tertiary/aromatic N) is 3. The molecule has 1 N–H and O–H groups in total. The quantitative estimate of drug-likeness (QED) is 0.683. The zero-order valence-corrected chi connectivity index (χ0v) is 10.3. The number of hydrogen-bond acceptors (Lipinski definition) is 4. The Hall–Kier alpha value is -1.33. The summed E-state index contributed by atoms with van der Waals surface area (Å²) in [6, 6.07) is 1.49. The fourth-order valence-electron chi connectivity index (χ4n) is 2.10. The molecule has 0 bridgehead atoms. The molecule has 0 aromatic rings. The predicted octanol–water partition coefficient (Wildman–Crippen LogP) is -1.06. The number of carbonyl (C=O) groups excluding carboxylic acids is 1. The zero-order valence-electron chi connectivity index (χ0n) is 9.46. The fourth-order valence-corrected chi connectivity index (χ4v) is 3.39. The third-order valence-electron chi connectivity index (χ3n) is 3.18. The van der Waals surface area contributed by atoms with Crippen LogP contribution in [0.2, 0.25) is 0 Å². The van der Waals surface area contributed by atoms with Gasteiger partial charge in [-0.2, -0.15) is 9.57 Å². The second-order valence-electron chi connectivity index (χ2n) is 4.21. The highest BCUT2D eigenvalue weighted by Gasteiger charge is 2.40. The van der Waals surface area contributed by atoms with Crippen LogP contribution in [0.15, 0.2) is 0 Å². The Balaban J connectivity index is 2.12. The van der Waals surface area contributed by atoms with Gasteiger partial charge in [-0.15, -0.1) is 0 Å². The Kier molecular flexibility index (Phi) is 2.97. The zero-order chi connectivity index (χ0) is 12.6. The highest BCUT2D eigenvalue weighted by atomic mass is 32.2. The summed E-state index contributed by atoms with van der Waals surface area (Å²) in [7, 11) is -3.56. The molecule has 2 aliphatic heterocycles. The van der Waals surface area contributed by atoms with Crippen molar-refractivity contribution in [3.63, 3.8) is 0 Å². The van der Waals surface area contributed by atoms with Crippen molar-refractivity contribution in [2.24, 2.45) is 0 Å². The Morgan fingerprint density at radius 3 is 2.88 bits per heavy atom. The average molecular weight is 258 g/mol. The lowest BCUT2D eigenvalue weighted by Gasteiger charge is -2.35. The minimum atomic E-state index is -3.56. The standard InChI is InChI=1S/C9H14N4O3S/c1-7(4-10)17(15,16)12-2-3-13-8(6-12)5-11-9(13)14/h7-8H,2-3,5-6H2,1H3,(H,11,14). The van der Waals surface area contributed by atoms with Gasteiger partial charge in [-0.05, 0) is 6.92 Å². The highest BCUT2D eigenvalue weighted by molar-refractivity contribution is 7.89. The number of rotatable bonds is 2. The number of carbonyl (C=O) groups is 1. The molecule has 17 heavy (non-hydrogen) atoms. The number of sulfonamides is 1. The summed E-state index contributed by atoms with van der Waals surface area (Å²) in [5.74, 6) is 0. The van der Waals surface area contributed by atoms with Crippen LogP contribution in [-0.4, -0.2) is 61.1 Å². The van der Waals surface area contributed by atoms with Crippen LogP contribution in [0.1, 0.15) is 6.92 Å². The van der Waals surface area contributed by atoms with E-state index in [1.807, 2.05) is 0 Å². The minimum absolute atomic E-state index is 0.114. The summed E-state index contributed by atoms with van der Waals surface area (Å²) in [6.45, 7) is 2.75. The van der Waals surface area contributed by atoms with Gasteiger partial charge in [0.1, 0.15) is 0 Å². The summed E-state index contributed by atoms with van der Waals surface area (Å²) in [4.78, 5) is 13.0. The number of nitrogens with one attached hydrogen (secondary N) is 1. The van der Waals surface area contributed by atoms with E-state index < -0.39 is 15.3 Å². The maximum atomic E-state index is 12.0. The molecule has 0 aromatic carbocycles. The van der Waals surface area contributed by atoms with Crippen LogP contribution in [0.4, 0.5) is 4.79 Å². The number of nitriles is 1. The molecule has 2 fully saturated rings. The first-order chi connectivity index (χ1) is 7.96. The second kappa shape index (κ2) is 4.16.